The Labute approximate surface area is 254 Å². The Morgan fingerprint density at radius 3 is 0.739 bits per heavy atom. The molecule has 12 N–H and O–H groups in total. The molecule has 274 valence electrons. The highest BCUT2D eigenvalue weighted by Gasteiger charge is 2.08. The molecule has 0 atom stereocenters. The highest BCUT2D eigenvalue weighted by molar-refractivity contribution is 7.46. The van der Waals surface area contributed by atoms with E-state index in [9.17, 15) is 25.2 Å². The molecule has 0 saturated carbocycles. The molecular weight excluding hydrogens is 786 g/mol. The van der Waals surface area contributed by atoms with Crippen LogP contribution in [-0.4, -0.2) is 65.3 Å². The number of nitrogens with zero attached hydrogens (tertiary/aromatic N) is 1. The second-order valence-electron chi connectivity index (χ2n) is 6.22. The Balaban J connectivity index is -0.000000157. The van der Waals surface area contributed by atoms with Gasteiger partial charge in [-0.25, -0.2) is 32.5 Å². The summed E-state index contributed by atoms with van der Waals surface area (Å²) in [7, 11) is -30.8. The summed E-state index contributed by atoms with van der Waals surface area (Å²) in [6.07, 6.45) is 0. The van der Waals surface area contributed by atoms with E-state index < -0.39 is 47.4 Å². The van der Waals surface area contributed by atoms with Gasteiger partial charge in [0.1, 0.15) is 0 Å². The van der Waals surface area contributed by atoms with Gasteiger partial charge in [0.25, 0.3) is 0 Å². The van der Waals surface area contributed by atoms with Gasteiger partial charge >= 0.3 is 47.4 Å². The normalized spacial score (nSPS) is 11.2. The zero-order valence-corrected chi connectivity index (χ0v) is 27.5. The lowest BCUT2D eigenvalue weighted by Crippen LogP contribution is -2.17. The van der Waals surface area contributed by atoms with E-state index in [1.165, 1.54) is 0 Å². The van der Waals surface area contributed by atoms with E-state index in [1.807, 2.05) is 72.7 Å². The molecule has 0 spiro atoms. The van der Waals surface area contributed by atoms with Gasteiger partial charge in [0.15, 0.2) is 0 Å². The van der Waals surface area contributed by atoms with Crippen molar-refractivity contribution >= 4 is 58.8 Å². The molecule has 46 heavy (non-hydrogen) atoms. The van der Waals surface area contributed by atoms with Crippen LogP contribution in [0.25, 0.3) is 0 Å². The summed E-state index contributed by atoms with van der Waals surface area (Å²) in [4.78, 5) is 89.2. The minimum absolute atomic E-state index is 0.643. The molecule has 0 amide bonds. The Bertz CT molecular complexity index is 1080. The van der Waals surface area contributed by atoms with Gasteiger partial charge in [0, 0.05) is 0 Å². The zero-order chi connectivity index (χ0) is 38.2. The predicted octanol–water partition coefficient (Wildman–Crippen LogP) is 4.07. The molecular formula is C14H27F6NO19P6. The number of halogens is 6. The largest absolute Gasteiger partial charge is 0.507 e. The van der Waals surface area contributed by atoms with Gasteiger partial charge in [-0.15, -0.1) is 25.2 Å². The Morgan fingerprint density at radius 2 is 0.609 bits per heavy atom. The third kappa shape index (κ3) is 112. The topological polar surface area (TPSA) is 358 Å². The predicted molar refractivity (Wildman–Crippen MR) is 146 cm³/mol. The molecule has 20 nitrogen and oxygen atoms in total. The molecule has 2 aromatic carbocycles. The first-order chi connectivity index (χ1) is 19.9. The first-order valence-electron chi connectivity index (χ1n) is 9.96. The molecule has 0 heterocycles. The average molecular weight is 813 g/mol. The van der Waals surface area contributed by atoms with Crippen LogP contribution in [-0.2, 0) is 32.2 Å². The van der Waals surface area contributed by atoms with Crippen molar-refractivity contribution in [2.75, 3.05) is 11.7 Å². The molecule has 0 aromatic heterocycles. The summed E-state index contributed by atoms with van der Waals surface area (Å²) >= 11 is 0. The molecule has 0 fully saturated rings. The first-order valence-corrected chi connectivity index (χ1v) is 19.0. The van der Waals surface area contributed by atoms with Crippen LogP contribution in [0.2, 0.25) is 0 Å². The number of hydrogen-bond donors (Lipinski definition) is 12. The molecule has 0 unspecified atom stereocenters. The van der Waals surface area contributed by atoms with Crippen molar-refractivity contribution in [1.82, 2.24) is 0 Å². The van der Waals surface area contributed by atoms with Crippen molar-refractivity contribution in [1.29, 1.82) is 0 Å². The molecule has 2 rings (SSSR count). The van der Waals surface area contributed by atoms with Crippen LogP contribution in [0, 0.1) is 0 Å². The van der Waals surface area contributed by atoms with Crippen LogP contribution in [0.1, 0.15) is 6.92 Å². The quantitative estimate of drug-likeness (QED) is 0.118. The van der Waals surface area contributed by atoms with Crippen molar-refractivity contribution in [2.45, 2.75) is 6.92 Å². The van der Waals surface area contributed by atoms with E-state index in [-0.39, 0.29) is 0 Å². The van der Waals surface area contributed by atoms with Crippen LogP contribution in [0.3, 0.4) is 0 Å². The lowest BCUT2D eigenvalue weighted by atomic mass is 10.2. The summed E-state index contributed by atoms with van der Waals surface area (Å²) in [5, 5.41) is 1.85. The monoisotopic (exact) mass is 813 g/mol. The van der Waals surface area contributed by atoms with Gasteiger partial charge in [-0.2, -0.15) is 0 Å². The molecule has 0 aliphatic heterocycles. The van der Waals surface area contributed by atoms with E-state index in [2.05, 4.69) is 0 Å². The van der Waals surface area contributed by atoms with E-state index in [0.717, 1.165) is 11.4 Å². The van der Waals surface area contributed by atoms with E-state index in [4.69, 9.17) is 90.9 Å². The molecule has 0 saturated heterocycles. The number of para-hydroxylation sites is 2. The van der Waals surface area contributed by atoms with E-state index >= 15 is 0 Å². The molecule has 0 bridgehead atoms. The van der Waals surface area contributed by atoms with Crippen molar-refractivity contribution < 1.29 is 116 Å². The maximum absolute atomic E-state index is 10.4. The lowest BCUT2D eigenvalue weighted by molar-refractivity contribution is 0.149. The number of rotatable bonds is 4. The fourth-order valence-electron chi connectivity index (χ4n) is 1.55. The summed E-state index contributed by atoms with van der Waals surface area (Å²) in [6.45, 7) is 2.63. The number of anilines is 2. The minimum atomic E-state index is -5.14. The highest BCUT2D eigenvalue weighted by Crippen LogP contribution is 2.37. The van der Waals surface area contributed by atoms with Crippen molar-refractivity contribution in [2.24, 2.45) is 0 Å². The van der Waals surface area contributed by atoms with Gasteiger partial charge in [-0.05, 0) is 31.2 Å². The van der Waals surface area contributed by atoms with Gasteiger partial charge in [-0.3, -0.25) is 63.6 Å². The van der Waals surface area contributed by atoms with E-state index in [0.29, 0.717) is 6.61 Å². The summed E-state index contributed by atoms with van der Waals surface area (Å²) < 4.78 is 114. The Morgan fingerprint density at radius 1 is 0.457 bits per heavy atom. The minimum Gasteiger partial charge on any atom is -0.299 e. The Kier molecular flexibility index (Phi) is 30.2. The van der Waals surface area contributed by atoms with Gasteiger partial charge in [-0.1, -0.05) is 36.4 Å². The maximum Gasteiger partial charge on any atom is 0.507 e. The highest BCUT2D eigenvalue weighted by atomic mass is 31.2. The molecule has 0 aliphatic carbocycles. The second kappa shape index (κ2) is 25.7. The number of hydrogen-bond acceptors (Lipinski definition) is 8. The number of benzene rings is 2. The van der Waals surface area contributed by atoms with Crippen molar-refractivity contribution in [3.63, 3.8) is 0 Å². The fraction of sp³-hybridized carbons (Fsp3) is 0.143. The summed E-state index contributed by atoms with van der Waals surface area (Å²) in [5.74, 6) is 0. The average Bonchev–Trinajstić information content (AvgIpc) is 2.72. The zero-order valence-electron chi connectivity index (χ0n) is 22.1. The van der Waals surface area contributed by atoms with Crippen LogP contribution in [0.5, 0.6) is 0 Å². The van der Waals surface area contributed by atoms with Crippen molar-refractivity contribution in [3.8, 4) is 0 Å². The van der Waals surface area contributed by atoms with Gasteiger partial charge in [0.05, 0.1) is 18.0 Å². The lowest BCUT2D eigenvalue weighted by Gasteiger charge is -2.23. The van der Waals surface area contributed by atoms with Gasteiger partial charge < -0.3 is 0 Å². The Hall–Kier alpha value is -1.32. The molecule has 2 aromatic rings. The van der Waals surface area contributed by atoms with Crippen LogP contribution < -0.4 is 5.06 Å². The second-order valence-corrected chi connectivity index (χ2v) is 11.9. The third-order valence-electron chi connectivity index (χ3n) is 2.24. The SMILES string of the molecule is CCON(c1ccccc1)c1ccccc1.O=P(O)(O)F.O=P(O)(O)F.O=P(O)(O)F.O=P(O)(O)F.O=P(O)(O)F.O=P(O)(O)F. The van der Waals surface area contributed by atoms with Crippen LogP contribution >= 0.6 is 47.4 Å². The molecule has 0 radical (unpaired) electrons. The van der Waals surface area contributed by atoms with Gasteiger partial charge in [0.2, 0.25) is 0 Å². The fourth-order valence-corrected chi connectivity index (χ4v) is 1.55. The van der Waals surface area contributed by atoms with Crippen molar-refractivity contribution in [3.05, 3.63) is 60.7 Å². The van der Waals surface area contributed by atoms with Crippen LogP contribution in [0.15, 0.2) is 60.7 Å². The third-order valence-corrected chi connectivity index (χ3v) is 2.24. The summed E-state index contributed by atoms with van der Waals surface area (Å²) in [6, 6.07) is 20.1. The maximum atomic E-state index is 10.4. The van der Waals surface area contributed by atoms with Crippen LogP contribution in [0.4, 0.5) is 36.6 Å². The molecule has 32 heteroatoms. The standard InChI is InChI=1S/C14H15NO.6FH2O3P/c1-2-16-15(13-9-5-3-6-10-13)14-11-7-4-8-12-14;6*1-5(2,3)4/h3-12H,2H2,1H3;6*(H2,2,3,4). The molecule has 0 aliphatic rings. The summed E-state index contributed by atoms with van der Waals surface area (Å²) in [5.41, 5.74) is 2.08. The first kappa shape index (κ1) is 54.1. The van der Waals surface area contributed by atoms with E-state index in [1.54, 1.807) is 0 Å². The smallest absolute Gasteiger partial charge is 0.299 e.